The summed E-state index contributed by atoms with van der Waals surface area (Å²) in [6, 6.07) is 14.1. The topological polar surface area (TPSA) is 70.2 Å². The number of halogens is 1. The van der Waals surface area contributed by atoms with Crippen molar-refractivity contribution in [2.24, 2.45) is 0 Å². The third kappa shape index (κ3) is 6.79. The molecule has 0 aliphatic rings. The lowest BCUT2D eigenvalue weighted by molar-refractivity contribution is -0.115. The number of hydrogen-bond donors (Lipinski definition) is 3. The molecule has 2 aromatic carbocycles. The van der Waals surface area contributed by atoms with Gasteiger partial charge in [0.15, 0.2) is 5.11 Å². The number of thiocarbonyl (C=S) groups is 1. The van der Waals surface area contributed by atoms with Crippen LogP contribution in [0.15, 0.2) is 54.6 Å². The molecule has 7 heteroatoms. The highest BCUT2D eigenvalue weighted by Crippen LogP contribution is 2.15. The monoisotopic (exact) mass is 415 g/mol. The summed E-state index contributed by atoms with van der Waals surface area (Å²) in [6.45, 7) is 3.93. The highest BCUT2D eigenvalue weighted by Gasteiger charge is 2.14. The Bertz CT molecular complexity index is 881. The van der Waals surface area contributed by atoms with Crippen molar-refractivity contribution in [1.29, 1.82) is 0 Å². The number of carbonyl (C=O) groups is 2. The van der Waals surface area contributed by atoms with Crippen LogP contribution in [0.3, 0.4) is 0 Å². The molecule has 0 saturated carbocycles. The quantitative estimate of drug-likeness (QED) is 0.483. The van der Waals surface area contributed by atoms with Crippen molar-refractivity contribution < 1.29 is 9.59 Å². The first-order valence-electron chi connectivity index (χ1n) is 8.84. The van der Waals surface area contributed by atoms with Gasteiger partial charge < -0.3 is 10.6 Å². The molecule has 28 heavy (non-hydrogen) atoms. The zero-order chi connectivity index (χ0) is 20.5. The van der Waals surface area contributed by atoms with Crippen molar-refractivity contribution in [1.82, 2.24) is 10.6 Å². The smallest absolute Gasteiger partial charge is 0.253 e. The van der Waals surface area contributed by atoms with Gasteiger partial charge >= 0.3 is 0 Å². The number of carbonyl (C=O) groups excluding carboxylic acids is 2. The van der Waals surface area contributed by atoms with E-state index in [1.165, 1.54) is 6.08 Å². The van der Waals surface area contributed by atoms with Crippen LogP contribution in [0, 0.1) is 0 Å². The van der Waals surface area contributed by atoms with Crippen LogP contribution < -0.4 is 16.0 Å². The zero-order valence-corrected chi connectivity index (χ0v) is 17.2. The fraction of sp³-hybridized carbons (Fsp3) is 0.190. The first kappa shape index (κ1) is 21.6. The van der Waals surface area contributed by atoms with E-state index < -0.39 is 0 Å². The Kier molecular flexibility index (Phi) is 8.17. The van der Waals surface area contributed by atoms with Crippen LogP contribution >= 0.6 is 23.8 Å². The number of hydrogen-bond acceptors (Lipinski definition) is 3. The van der Waals surface area contributed by atoms with Crippen LogP contribution in [0.1, 0.15) is 36.2 Å². The molecule has 2 amide bonds. The molecule has 0 aliphatic heterocycles. The van der Waals surface area contributed by atoms with Crippen LogP contribution in [0.4, 0.5) is 5.69 Å². The SMILES string of the molecule is CCC(C)NC(=O)c1ccccc1NC(=S)NC(=O)/C=C/c1ccc(Cl)cc1. The van der Waals surface area contributed by atoms with Crippen molar-refractivity contribution in [2.75, 3.05) is 5.32 Å². The maximum atomic E-state index is 12.4. The molecule has 146 valence electrons. The molecule has 0 heterocycles. The van der Waals surface area contributed by atoms with E-state index in [1.54, 1.807) is 54.6 Å². The van der Waals surface area contributed by atoms with Crippen LogP contribution in [0.5, 0.6) is 0 Å². The third-order valence-corrected chi connectivity index (χ3v) is 4.40. The molecule has 0 spiro atoms. The molecule has 0 aliphatic carbocycles. The average Bonchev–Trinajstić information content (AvgIpc) is 2.67. The van der Waals surface area contributed by atoms with Gasteiger partial charge in [-0.05, 0) is 61.5 Å². The lowest BCUT2D eigenvalue weighted by atomic mass is 10.1. The number of benzene rings is 2. The van der Waals surface area contributed by atoms with Crippen molar-refractivity contribution in [3.8, 4) is 0 Å². The summed E-state index contributed by atoms with van der Waals surface area (Å²) in [5.74, 6) is -0.580. The lowest BCUT2D eigenvalue weighted by Gasteiger charge is -2.15. The van der Waals surface area contributed by atoms with E-state index in [2.05, 4.69) is 16.0 Å². The number of nitrogens with one attached hydrogen (secondary N) is 3. The van der Waals surface area contributed by atoms with E-state index in [4.69, 9.17) is 23.8 Å². The molecule has 5 nitrogen and oxygen atoms in total. The summed E-state index contributed by atoms with van der Waals surface area (Å²) in [5, 5.41) is 9.12. The molecule has 1 atom stereocenters. The molecule has 2 rings (SSSR count). The minimum absolute atomic E-state index is 0.0604. The van der Waals surface area contributed by atoms with Crippen LogP contribution in [-0.4, -0.2) is 23.0 Å². The fourth-order valence-electron chi connectivity index (χ4n) is 2.25. The van der Waals surface area contributed by atoms with Crippen LogP contribution in [0.2, 0.25) is 5.02 Å². The van der Waals surface area contributed by atoms with Gasteiger partial charge in [0.1, 0.15) is 0 Å². The van der Waals surface area contributed by atoms with E-state index >= 15 is 0 Å². The van der Waals surface area contributed by atoms with Gasteiger partial charge in [-0.2, -0.15) is 0 Å². The Morgan fingerprint density at radius 1 is 1.14 bits per heavy atom. The normalized spacial score (nSPS) is 11.7. The van der Waals surface area contributed by atoms with Crippen molar-refractivity contribution >= 4 is 52.5 Å². The van der Waals surface area contributed by atoms with Gasteiger partial charge in [0, 0.05) is 17.1 Å². The second kappa shape index (κ2) is 10.6. The molecule has 1 unspecified atom stereocenters. The largest absolute Gasteiger partial charge is 0.350 e. The maximum absolute atomic E-state index is 12.4. The second-order valence-corrected chi connectivity index (χ2v) is 7.00. The van der Waals surface area contributed by atoms with E-state index in [-0.39, 0.29) is 23.0 Å². The molecule has 0 saturated heterocycles. The zero-order valence-electron chi connectivity index (χ0n) is 15.7. The Morgan fingerprint density at radius 2 is 1.82 bits per heavy atom. The molecular weight excluding hydrogens is 394 g/mol. The van der Waals surface area contributed by atoms with E-state index in [0.29, 0.717) is 16.3 Å². The number of rotatable bonds is 6. The Labute approximate surface area is 175 Å². The van der Waals surface area contributed by atoms with Gasteiger partial charge in [0.2, 0.25) is 5.91 Å². The molecule has 2 aromatic rings. The van der Waals surface area contributed by atoms with Gasteiger partial charge in [-0.3, -0.25) is 14.9 Å². The highest BCUT2D eigenvalue weighted by atomic mass is 35.5. The third-order valence-electron chi connectivity index (χ3n) is 3.94. The minimum Gasteiger partial charge on any atom is -0.350 e. The van der Waals surface area contributed by atoms with Crippen molar-refractivity contribution in [3.63, 3.8) is 0 Å². The van der Waals surface area contributed by atoms with Gasteiger partial charge in [-0.15, -0.1) is 0 Å². The molecule has 0 aromatic heterocycles. The maximum Gasteiger partial charge on any atom is 0.253 e. The summed E-state index contributed by atoms with van der Waals surface area (Å²) in [4.78, 5) is 24.5. The predicted octanol–water partition coefficient (Wildman–Crippen LogP) is 4.39. The number of amides is 2. The van der Waals surface area contributed by atoms with Crippen molar-refractivity contribution in [2.45, 2.75) is 26.3 Å². The lowest BCUT2D eigenvalue weighted by Crippen LogP contribution is -2.35. The Hall–Kier alpha value is -2.70. The van der Waals surface area contributed by atoms with Gasteiger partial charge in [-0.25, -0.2) is 0 Å². The molecular formula is C21H22ClN3O2S. The molecule has 0 bridgehead atoms. The van der Waals surface area contributed by atoms with E-state index in [9.17, 15) is 9.59 Å². The number of para-hydroxylation sites is 1. The van der Waals surface area contributed by atoms with E-state index in [1.807, 2.05) is 13.8 Å². The summed E-state index contributed by atoms with van der Waals surface area (Å²) < 4.78 is 0. The van der Waals surface area contributed by atoms with Gasteiger partial charge in [-0.1, -0.05) is 42.8 Å². The van der Waals surface area contributed by atoms with E-state index in [0.717, 1.165) is 12.0 Å². The van der Waals surface area contributed by atoms with Crippen LogP contribution in [-0.2, 0) is 4.79 Å². The average molecular weight is 416 g/mol. The summed E-state index contributed by atoms with van der Waals surface area (Å²) in [6.07, 6.45) is 3.86. The van der Waals surface area contributed by atoms with Gasteiger partial charge in [0.25, 0.3) is 5.91 Å². The van der Waals surface area contributed by atoms with Gasteiger partial charge in [0.05, 0.1) is 11.3 Å². The first-order chi connectivity index (χ1) is 13.4. The molecule has 3 N–H and O–H groups in total. The van der Waals surface area contributed by atoms with Crippen molar-refractivity contribution in [3.05, 3.63) is 70.8 Å². The predicted molar refractivity (Wildman–Crippen MR) is 119 cm³/mol. The summed E-state index contributed by atoms with van der Waals surface area (Å²) in [7, 11) is 0. The Balaban J connectivity index is 1.98. The molecule has 0 radical (unpaired) electrons. The summed E-state index contributed by atoms with van der Waals surface area (Å²) >= 11 is 11.0. The Morgan fingerprint density at radius 3 is 2.50 bits per heavy atom. The second-order valence-electron chi connectivity index (χ2n) is 6.16. The summed E-state index contributed by atoms with van der Waals surface area (Å²) in [5.41, 5.74) is 1.82. The van der Waals surface area contributed by atoms with Crippen LogP contribution in [0.25, 0.3) is 6.08 Å². The highest BCUT2D eigenvalue weighted by molar-refractivity contribution is 7.80. The first-order valence-corrected chi connectivity index (χ1v) is 9.63. The molecule has 0 fully saturated rings. The minimum atomic E-state index is -0.381. The fourth-order valence-corrected chi connectivity index (χ4v) is 2.58. The number of anilines is 1. The standard InChI is InChI=1S/C21H22ClN3O2S/c1-3-14(2)23-20(27)17-6-4-5-7-18(17)24-21(28)25-19(26)13-10-15-8-11-16(22)12-9-15/h4-14H,3H2,1-2H3,(H,23,27)(H2,24,25,26,28)/b13-10+.